The van der Waals surface area contributed by atoms with Crippen molar-refractivity contribution in [1.29, 1.82) is 0 Å². The number of ketones is 2. The van der Waals surface area contributed by atoms with Crippen molar-refractivity contribution in [3.8, 4) is 22.3 Å². The summed E-state index contributed by atoms with van der Waals surface area (Å²) in [7, 11) is 0. The Hall–Kier alpha value is -5.60. The van der Waals surface area contributed by atoms with Crippen molar-refractivity contribution in [2.24, 2.45) is 0 Å². The molecule has 2 nitrogen and oxygen atoms in total. The Morgan fingerprint density at radius 1 is 0.286 bits per heavy atom. The Morgan fingerprint density at radius 3 is 0.857 bits per heavy atom. The van der Waals surface area contributed by atoms with E-state index in [1.807, 2.05) is 109 Å². The highest BCUT2D eigenvalue weighted by Gasteiger charge is 2.18. The Labute approximate surface area is 244 Å². The fourth-order valence-electron chi connectivity index (χ4n) is 5.84. The second kappa shape index (κ2) is 10.8. The van der Waals surface area contributed by atoms with Gasteiger partial charge in [-0.2, -0.15) is 0 Å². The van der Waals surface area contributed by atoms with Crippen LogP contribution in [0.2, 0.25) is 0 Å². The average Bonchev–Trinajstić information content (AvgIpc) is 3.07. The van der Waals surface area contributed by atoms with E-state index in [4.69, 9.17) is 0 Å². The van der Waals surface area contributed by atoms with E-state index >= 15 is 0 Å². The van der Waals surface area contributed by atoms with Crippen LogP contribution in [0.15, 0.2) is 158 Å². The lowest BCUT2D eigenvalue weighted by Gasteiger charge is -2.18. The summed E-state index contributed by atoms with van der Waals surface area (Å²) >= 11 is 0. The normalized spacial score (nSPS) is 11.0. The van der Waals surface area contributed by atoms with E-state index in [0.29, 0.717) is 22.3 Å². The maximum absolute atomic E-state index is 13.0. The molecule has 0 aliphatic heterocycles. The summed E-state index contributed by atoms with van der Waals surface area (Å²) in [6.07, 6.45) is 0. The van der Waals surface area contributed by atoms with Gasteiger partial charge in [0.2, 0.25) is 0 Å². The van der Waals surface area contributed by atoms with Crippen LogP contribution < -0.4 is 0 Å². The molecule has 0 heterocycles. The highest BCUT2D eigenvalue weighted by Crippen LogP contribution is 2.43. The minimum absolute atomic E-state index is 0.0152. The summed E-state index contributed by atoms with van der Waals surface area (Å²) < 4.78 is 0. The lowest BCUT2D eigenvalue weighted by molar-refractivity contribution is 0.103. The van der Waals surface area contributed by atoms with Crippen LogP contribution in [0.1, 0.15) is 31.8 Å². The maximum atomic E-state index is 13.0. The molecule has 0 radical (unpaired) electrons. The summed E-state index contributed by atoms with van der Waals surface area (Å²) in [5.74, 6) is 0.0304. The first kappa shape index (κ1) is 25.4. The zero-order valence-corrected chi connectivity index (χ0v) is 22.8. The second-order valence-electron chi connectivity index (χ2n) is 10.4. The van der Waals surface area contributed by atoms with E-state index in [9.17, 15) is 9.59 Å². The number of rotatable bonds is 6. The van der Waals surface area contributed by atoms with Crippen molar-refractivity contribution in [1.82, 2.24) is 0 Å². The quantitative estimate of drug-likeness (QED) is 0.156. The molecule has 0 amide bonds. The zero-order valence-electron chi connectivity index (χ0n) is 22.8. The molecule has 7 aromatic rings. The standard InChI is InChI=1S/C40H26O2/c41-39(29-11-3-1-4-12-29)31-23-19-27(20-24-31)37-33-15-7-9-17-35(33)38(36-18-10-8-16-34(36)37)28-21-25-32(26-22-28)40(42)30-13-5-2-6-14-30/h1-26H. The third-order valence-corrected chi connectivity index (χ3v) is 7.87. The smallest absolute Gasteiger partial charge is 0.193 e. The van der Waals surface area contributed by atoms with Gasteiger partial charge in [0.25, 0.3) is 0 Å². The van der Waals surface area contributed by atoms with Gasteiger partial charge in [-0.05, 0) is 43.8 Å². The van der Waals surface area contributed by atoms with Crippen LogP contribution in [-0.2, 0) is 0 Å². The Bertz CT molecular complexity index is 1860. The van der Waals surface area contributed by atoms with Gasteiger partial charge in [-0.3, -0.25) is 9.59 Å². The van der Waals surface area contributed by atoms with Crippen molar-refractivity contribution in [3.63, 3.8) is 0 Å². The van der Waals surface area contributed by atoms with Gasteiger partial charge in [0, 0.05) is 22.3 Å². The second-order valence-corrected chi connectivity index (χ2v) is 10.4. The number of fused-ring (bicyclic) bond motifs is 2. The van der Waals surface area contributed by atoms with Gasteiger partial charge in [0.15, 0.2) is 11.6 Å². The minimum atomic E-state index is 0.0152. The number of carbonyl (C=O) groups is 2. The number of hydrogen-bond donors (Lipinski definition) is 0. The Morgan fingerprint density at radius 2 is 0.548 bits per heavy atom. The molecule has 2 heteroatoms. The number of hydrogen-bond acceptors (Lipinski definition) is 2. The van der Waals surface area contributed by atoms with Gasteiger partial charge >= 0.3 is 0 Å². The molecule has 0 unspecified atom stereocenters. The van der Waals surface area contributed by atoms with Gasteiger partial charge in [-0.25, -0.2) is 0 Å². The topological polar surface area (TPSA) is 34.1 Å². The van der Waals surface area contributed by atoms with E-state index in [0.717, 1.165) is 43.8 Å². The van der Waals surface area contributed by atoms with E-state index in [1.165, 1.54) is 0 Å². The highest BCUT2D eigenvalue weighted by atomic mass is 16.1. The first-order chi connectivity index (χ1) is 20.7. The molecule has 0 atom stereocenters. The van der Waals surface area contributed by atoms with Crippen molar-refractivity contribution >= 4 is 33.1 Å². The van der Waals surface area contributed by atoms with Crippen LogP contribution in [0.3, 0.4) is 0 Å². The summed E-state index contributed by atoms with van der Waals surface area (Å²) in [6, 6.07) is 51.6. The van der Waals surface area contributed by atoms with Crippen molar-refractivity contribution < 1.29 is 9.59 Å². The summed E-state index contributed by atoms with van der Waals surface area (Å²) in [5, 5.41) is 4.55. The molecule has 7 rings (SSSR count). The molecule has 0 aliphatic rings. The van der Waals surface area contributed by atoms with E-state index < -0.39 is 0 Å². The van der Waals surface area contributed by atoms with Gasteiger partial charge in [-0.15, -0.1) is 0 Å². The van der Waals surface area contributed by atoms with Gasteiger partial charge in [-0.1, -0.05) is 158 Å². The highest BCUT2D eigenvalue weighted by molar-refractivity contribution is 6.21. The summed E-state index contributed by atoms with van der Waals surface area (Å²) in [6.45, 7) is 0. The van der Waals surface area contributed by atoms with E-state index in [-0.39, 0.29) is 11.6 Å². The monoisotopic (exact) mass is 538 g/mol. The fraction of sp³-hybridized carbons (Fsp3) is 0. The molecule has 0 N–H and O–H groups in total. The lowest BCUT2D eigenvalue weighted by Crippen LogP contribution is -2.01. The number of benzene rings is 7. The van der Waals surface area contributed by atoms with Crippen LogP contribution in [0, 0.1) is 0 Å². The van der Waals surface area contributed by atoms with Crippen LogP contribution in [-0.4, -0.2) is 11.6 Å². The molecule has 0 fully saturated rings. The first-order valence-corrected chi connectivity index (χ1v) is 14.0. The largest absolute Gasteiger partial charge is 0.289 e. The summed E-state index contributed by atoms with van der Waals surface area (Å²) in [5.41, 5.74) is 7.09. The van der Waals surface area contributed by atoms with Crippen LogP contribution in [0.5, 0.6) is 0 Å². The molecule has 0 aliphatic carbocycles. The van der Waals surface area contributed by atoms with Crippen LogP contribution >= 0.6 is 0 Å². The minimum Gasteiger partial charge on any atom is -0.289 e. The first-order valence-electron chi connectivity index (χ1n) is 14.0. The van der Waals surface area contributed by atoms with E-state index in [1.54, 1.807) is 0 Å². The SMILES string of the molecule is O=C(c1ccccc1)c1ccc(-c2c3ccccc3c(-c3ccc(C(=O)c4ccccc4)cc3)c3ccccc23)cc1. The average molecular weight is 539 g/mol. The molecule has 0 saturated carbocycles. The van der Waals surface area contributed by atoms with E-state index in [2.05, 4.69) is 48.5 Å². The van der Waals surface area contributed by atoms with Crippen molar-refractivity contribution in [2.45, 2.75) is 0 Å². The molecule has 0 aromatic heterocycles. The van der Waals surface area contributed by atoms with Gasteiger partial charge in [0.05, 0.1) is 0 Å². The molecule has 0 bridgehead atoms. The maximum Gasteiger partial charge on any atom is 0.193 e. The van der Waals surface area contributed by atoms with Gasteiger partial charge in [0.1, 0.15) is 0 Å². The van der Waals surface area contributed by atoms with Crippen LogP contribution in [0.4, 0.5) is 0 Å². The van der Waals surface area contributed by atoms with Crippen LogP contribution in [0.25, 0.3) is 43.8 Å². The molecule has 42 heavy (non-hydrogen) atoms. The van der Waals surface area contributed by atoms with Gasteiger partial charge < -0.3 is 0 Å². The molecule has 0 spiro atoms. The third kappa shape index (κ3) is 4.49. The Balaban J connectivity index is 1.35. The molecule has 7 aromatic carbocycles. The molecular formula is C40H26O2. The predicted octanol–water partition coefficient (Wildman–Crippen LogP) is 9.79. The Kier molecular flexibility index (Phi) is 6.50. The molecular weight excluding hydrogens is 512 g/mol. The summed E-state index contributed by atoms with van der Waals surface area (Å²) in [4.78, 5) is 26.1. The number of carbonyl (C=O) groups excluding carboxylic acids is 2. The van der Waals surface area contributed by atoms with Crippen molar-refractivity contribution in [2.75, 3.05) is 0 Å². The third-order valence-electron chi connectivity index (χ3n) is 7.87. The van der Waals surface area contributed by atoms with Crippen molar-refractivity contribution in [3.05, 3.63) is 180 Å². The molecule has 198 valence electrons. The lowest BCUT2D eigenvalue weighted by atomic mass is 9.85. The molecule has 0 saturated heterocycles. The fourth-order valence-corrected chi connectivity index (χ4v) is 5.84. The predicted molar refractivity (Wildman–Crippen MR) is 172 cm³/mol. The zero-order chi connectivity index (χ0) is 28.5.